The number of hydrogen-bond donors (Lipinski definition) is 1. The smallest absolute Gasteiger partial charge is 0.223 e. The Morgan fingerprint density at radius 3 is 2.68 bits per heavy atom. The quantitative estimate of drug-likeness (QED) is 0.865. The summed E-state index contributed by atoms with van der Waals surface area (Å²) in [5, 5.41) is 7.00. The maximum atomic E-state index is 12.8. The van der Waals surface area contributed by atoms with Gasteiger partial charge in [-0.2, -0.15) is 5.10 Å². The zero-order valence-corrected chi connectivity index (χ0v) is 16.9. The van der Waals surface area contributed by atoms with Gasteiger partial charge in [-0.25, -0.2) is 4.98 Å². The third-order valence-corrected chi connectivity index (χ3v) is 6.21. The molecule has 1 atom stereocenters. The molecule has 150 valence electrons. The van der Waals surface area contributed by atoms with Crippen molar-refractivity contribution in [1.82, 2.24) is 25.0 Å². The van der Waals surface area contributed by atoms with Crippen LogP contribution in [0.1, 0.15) is 49.3 Å². The number of nitrogens with one attached hydrogen (secondary N) is 1. The molecule has 0 bridgehead atoms. The molecule has 0 aliphatic carbocycles. The van der Waals surface area contributed by atoms with Gasteiger partial charge in [0.2, 0.25) is 5.91 Å². The van der Waals surface area contributed by atoms with Gasteiger partial charge in [0, 0.05) is 44.4 Å². The maximum absolute atomic E-state index is 12.8. The molecule has 6 heteroatoms. The number of carbonyl (C=O) groups excluding carboxylic acids is 1. The van der Waals surface area contributed by atoms with E-state index in [1.165, 1.54) is 24.8 Å². The number of rotatable bonds is 5. The lowest BCUT2D eigenvalue weighted by Gasteiger charge is -2.48. The van der Waals surface area contributed by atoms with Crippen molar-refractivity contribution in [3.05, 3.63) is 47.5 Å². The Hall–Kier alpha value is -2.21. The summed E-state index contributed by atoms with van der Waals surface area (Å²) in [6.07, 6.45) is 5.94. The number of aromatic nitrogens is 3. The second kappa shape index (κ2) is 8.43. The molecular weight excluding hydrogens is 350 g/mol. The average Bonchev–Trinajstić information content (AvgIpc) is 3.12. The van der Waals surface area contributed by atoms with Gasteiger partial charge >= 0.3 is 0 Å². The van der Waals surface area contributed by atoms with E-state index in [0.717, 1.165) is 50.8 Å². The molecule has 1 amide bonds. The van der Waals surface area contributed by atoms with Crippen molar-refractivity contribution in [3.63, 3.8) is 0 Å². The van der Waals surface area contributed by atoms with E-state index in [0.29, 0.717) is 12.8 Å². The van der Waals surface area contributed by atoms with Crippen molar-refractivity contribution in [2.75, 3.05) is 26.2 Å². The van der Waals surface area contributed by atoms with Crippen molar-refractivity contribution < 1.29 is 4.79 Å². The fourth-order valence-electron chi connectivity index (χ4n) is 4.92. The van der Waals surface area contributed by atoms with Crippen LogP contribution < -0.4 is 0 Å². The van der Waals surface area contributed by atoms with Crippen molar-refractivity contribution in [2.45, 2.75) is 52.0 Å². The summed E-state index contributed by atoms with van der Waals surface area (Å²) in [6, 6.07) is 10.7. The molecule has 1 spiro atoms. The normalized spacial score (nSPS) is 23.2. The number of aryl methyl sites for hydroxylation is 2. The van der Waals surface area contributed by atoms with E-state index in [1.54, 1.807) is 0 Å². The van der Waals surface area contributed by atoms with Gasteiger partial charge in [0.05, 0.1) is 0 Å². The van der Waals surface area contributed by atoms with Crippen LogP contribution in [0.15, 0.2) is 30.3 Å². The minimum atomic E-state index is 0.252. The SMILES string of the molecule is Cc1nc(CCC(=O)N2CCC[C@]3(CCCN(Cc4ccccc4)C3)C2)n[nH]1. The third kappa shape index (κ3) is 4.61. The monoisotopic (exact) mass is 381 g/mol. The van der Waals surface area contributed by atoms with E-state index in [1.807, 2.05) is 6.92 Å². The van der Waals surface area contributed by atoms with E-state index >= 15 is 0 Å². The highest BCUT2D eigenvalue weighted by atomic mass is 16.2. The number of aromatic amines is 1. The molecule has 4 rings (SSSR count). The van der Waals surface area contributed by atoms with Gasteiger partial charge in [-0.15, -0.1) is 0 Å². The topological polar surface area (TPSA) is 65.1 Å². The first-order chi connectivity index (χ1) is 13.6. The molecule has 0 unspecified atom stereocenters. The molecule has 6 nitrogen and oxygen atoms in total. The number of nitrogens with zero attached hydrogens (tertiary/aromatic N) is 4. The fourth-order valence-corrected chi connectivity index (χ4v) is 4.92. The highest BCUT2D eigenvalue weighted by Crippen LogP contribution is 2.39. The average molecular weight is 382 g/mol. The second-order valence-electron chi connectivity index (χ2n) is 8.56. The fraction of sp³-hybridized carbons (Fsp3) is 0.591. The number of hydrogen-bond acceptors (Lipinski definition) is 4. The van der Waals surface area contributed by atoms with Gasteiger partial charge in [-0.3, -0.25) is 14.8 Å². The molecule has 0 radical (unpaired) electrons. The van der Waals surface area contributed by atoms with Gasteiger partial charge in [0.15, 0.2) is 5.82 Å². The molecule has 1 aromatic carbocycles. The molecule has 2 aliphatic heterocycles. The standard InChI is InChI=1S/C22H31N5O/c1-18-23-20(25-24-18)9-10-21(28)27-14-6-12-22(17-27)11-5-13-26(16-22)15-19-7-3-2-4-8-19/h2-4,7-8H,5-6,9-17H2,1H3,(H,23,24,25)/t22-/m0/s1. The van der Waals surface area contributed by atoms with Crippen LogP contribution in [0, 0.1) is 12.3 Å². The minimum absolute atomic E-state index is 0.252. The predicted molar refractivity (Wildman–Crippen MR) is 109 cm³/mol. The highest BCUT2D eigenvalue weighted by Gasteiger charge is 2.40. The van der Waals surface area contributed by atoms with Gasteiger partial charge in [-0.05, 0) is 44.7 Å². The van der Waals surface area contributed by atoms with Crippen LogP contribution in [-0.4, -0.2) is 57.1 Å². The predicted octanol–water partition coefficient (Wildman–Crippen LogP) is 2.95. The summed E-state index contributed by atoms with van der Waals surface area (Å²) < 4.78 is 0. The Labute approximate surface area is 167 Å². The second-order valence-corrected chi connectivity index (χ2v) is 8.56. The molecule has 2 aromatic rings. The van der Waals surface area contributed by atoms with Crippen LogP contribution >= 0.6 is 0 Å². The van der Waals surface area contributed by atoms with Crippen LogP contribution in [0.25, 0.3) is 0 Å². The van der Waals surface area contributed by atoms with Crippen LogP contribution in [0.2, 0.25) is 0 Å². The highest BCUT2D eigenvalue weighted by molar-refractivity contribution is 5.76. The Morgan fingerprint density at radius 2 is 1.93 bits per heavy atom. The van der Waals surface area contributed by atoms with Gasteiger partial charge < -0.3 is 4.90 Å². The van der Waals surface area contributed by atoms with Crippen molar-refractivity contribution >= 4 is 5.91 Å². The molecule has 1 N–H and O–H groups in total. The van der Waals surface area contributed by atoms with Crippen LogP contribution in [0.3, 0.4) is 0 Å². The van der Waals surface area contributed by atoms with Gasteiger partial charge in [0.1, 0.15) is 5.82 Å². The maximum Gasteiger partial charge on any atom is 0.223 e. The molecule has 0 saturated carbocycles. The van der Waals surface area contributed by atoms with Crippen molar-refractivity contribution in [1.29, 1.82) is 0 Å². The zero-order valence-electron chi connectivity index (χ0n) is 16.9. The number of amides is 1. The Balaban J connectivity index is 1.34. The summed E-state index contributed by atoms with van der Waals surface area (Å²) in [6.45, 7) is 6.97. The third-order valence-electron chi connectivity index (χ3n) is 6.21. The van der Waals surface area contributed by atoms with E-state index in [9.17, 15) is 4.79 Å². The minimum Gasteiger partial charge on any atom is -0.342 e. The molecule has 2 saturated heterocycles. The van der Waals surface area contributed by atoms with E-state index in [-0.39, 0.29) is 11.3 Å². The molecule has 1 aromatic heterocycles. The lowest BCUT2D eigenvalue weighted by Crippen LogP contribution is -2.53. The van der Waals surface area contributed by atoms with Crippen LogP contribution in [0.5, 0.6) is 0 Å². The Morgan fingerprint density at radius 1 is 1.14 bits per heavy atom. The molecule has 2 fully saturated rings. The summed E-state index contributed by atoms with van der Waals surface area (Å²) in [5.74, 6) is 1.80. The number of piperidine rings is 2. The lowest BCUT2D eigenvalue weighted by atomic mass is 9.73. The van der Waals surface area contributed by atoms with E-state index < -0.39 is 0 Å². The number of H-pyrrole nitrogens is 1. The molecule has 28 heavy (non-hydrogen) atoms. The summed E-state index contributed by atoms with van der Waals surface area (Å²) >= 11 is 0. The van der Waals surface area contributed by atoms with Crippen molar-refractivity contribution in [3.8, 4) is 0 Å². The largest absolute Gasteiger partial charge is 0.342 e. The summed E-state index contributed by atoms with van der Waals surface area (Å²) in [5.41, 5.74) is 1.65. The molecule has 3 heterocycles. The first kappa shape index (κ1) is 19.1. The zero-order chi connectivity index (χ0) is 19.4. The number of likely N-dealkylation sites (tertiary alicyclic amines) is 2. The molecular formula is C22H31N5O. The lowest BCUT2D eigenvalue weighted by molar-refractivity contribution is -0.136. The Bertz CT molecular complexity index is 785. The number of benzene rings is 1. The van der Waals surface area contributed by atoms with E-state index in [2.05, 4.69) is 55.3 Å². The number of carbonyl (C=O) groups is 1. The van der Waals surface area contributed by atoms with Gasteiger partial charge in [0.25, 0.3) is 0 Å². The van der Waals surface area contributed by atoms with Crippen LogP contribution in [-0.2, 0) is 17.8 Å². The Kier molecular flexibility index (Phi) is 5.76. The van der Waals surface area contributed by atoms with E-state index in [4.69, 9.17) is 0 Å². The van der Waals surface area contributed by atoms with Gasteiger partial charge in [-0.1, -0.05) is 30.3 Å². The first-order valence-corrected chi connectivity index (χ1v) is 10.5. The summed E-state index contributed by atoms with van der Waals surface area (Å²) in [7, 11) is 0. The van der Waals surface area contributed by atoms with Crippen LogP contribution in [0.4, 0.5) is 0 Å². The summed E-state index contributed by atoms with van der Waals surface area (Å²) in [4.78, 5) is 21.8. The van der Waals surface area contributed by atoms with Crippen molar-refractivity contribution in [2.24, 2.45) is 5.41 Å². The molecule has 2 aliphatic rings. The first-order valence-electron chi connectivity index (χ1n) is 10.5.